The molecule has 1 aromatic rings. The molecule has 0 spiro atoms. The number of aliphatic imine (C=N–C) groups is 1. The Morgan fingerprint density at radius 3 is 2.58 bits per heavy atom. The van der Waals surface area contributed by atoms with Crippen LogP contribution < -0.4 is 22.5 Å². The van der Waals surface area contributed by atoms with Crippen LogP contribution in [0.2, 0.25) is 0 Å². The number of rotatable bonds is 10. The zero-order valence-electron chi connectivity index (χ0n) is 23.6. The number of likely N-dealkylation sites (N-methyl/N-ethyl adjacent to an activating group) is 1. The zero-order valence-corrected chi connectivity index (χ0v) is 26.0. The molecule has 0 bridgehead atoms. The highest BCUT2D eigenvalue weighted by Crippen LogP contribution is 2.41. The number of aliphatic carboxylic acids is 2. The molecule has 1 fully saturated rings. The molecule has 3 atom stereocenters. The van der Waals surface area contributed by atoms with Gasteiger partial charge in [0.25, 0.3) is 11.8 Å². The minimum Gasteiger partial charge on any atom is -0.478 e. The number of β-lactam (4-membered cyclic amide) rings is 1. The molecule has 0 aromatic carbocycles. The van der Waals surface area contributed by atoms with Crippen LogP contribution in [0, 0.1) is 0 Å². The Morgan fingerprint density at radius 2 is 2.00 bits per heavy atom. The van der Waals surface area contributed by atoms with Crippen LogP contribution in [-0.4, -0.2) is 101 Å². The Bertz CT molecular complexity index is 1490. The summed E-state index contributed by atoms with van der Waals surface area (Å²) in [6, 6.07) is -1.08. The molecule has 232 valence electrons. The van der Waals surface area contributed by atoms with Crippen LogP contribution in [-0.2, 0) is 24.0 Å². The number of thioether (sulfide) groups is 2. The SMILES string of the molecule is CCC1=C(N)N=C(SCC2=C(C(=O)O)N3C(=O)C(NC(=O)/C(=N\OC(C)(C)C(=O)O)c4csc(N)n4)[C@@H]3SC2)N(C)C1N. The van der Waals surface area contributed by atoms with Gasteiger partial charge in [0.15, 0.2) is 16.0 Å². The molecule has 1 saturated heterocycles. The summed E-state index contributed by atoms with van der Waals surface area (Å²) in [4.78, 5) is 66.7. The van der Waals surface area contributed by atoms with Crippen molar-refractivity contribution in [3.05, 3.63) is 33.7 Å². The summed E-state index contributed by atoms with van der Waals surface area (Å²) < 4.78 is 0. The molecule has 3 aliphatic heterocycles. The predicted octanol–water partition coefficient (Wildman–Crippen LogP) is -0.0525. The number of oxime groups is 1. The lowest BCUT2D eigenvalue weighted by atomic mass is 10.0. The van der Waals surface area contributed by atoms with Crippen molar-refractivity contribution in [1.29, 1.82) is 0 Å². The Balaban J connectivity index is 1.52. The highest BCUT2D eigenvalue weighted by atomic mass is 32.2. The molecule has 16 nitrogen and oxygen atoms in total. The van der Waals surface area contributed by atoms with Crippen LogP contribution in [0.1, 0.15) is 32.9 Å². The second-order valence-corrected chi connectivity index (χ2v) is 13.0. The maximum absolute atomic E-state index is 13.2. The minimum absolute atomic E-state index is 0.0170. The first-order valence-electron chi connectivity index (χ1n) is 12.8. The van der Waals surface area contributed by atoms with Gasteiger partial charge in [0.2, 0.25) is 5.60 Å². The predicted molar refractivity (Wildman–Crippen MR) is 163 cm³/mol. The van der Waals surface area contributed by atoms with E-state index in [1.807, 2.05) is 6.92 Å². The van der Waals surface area contributed by atoms with Crippen LogP contribution >= 0.6 is 34.9 Å². The highest BCUT2D eigenvalue weighted by Gasteiger charge is 2.54. The number of nitrogens with one attached hydrogen (secondary N) is 1. The van der Waals surface area contributed by atoms with E-state index in [0.717, 1.165) is 21.8 Å². The van der Waals surface area contributed by atoms with Crippen LogP contribution in [0.5, 0.6) is 0 Å². The van der Waals surface area contributed by atoms with Gasteiger partial charge in [0.05, 0.1) is 0 Å². The Hall–Kier alpha value is -3.81. The van der Waals surface area contributed by atoms with E-state index in [1.54, 1.807) is 11.9 Å². The summed E-state index contributed by atoms with van der Waals surface area (Å²) in [6.07, 6.45) is 0.178. The van der Waals surface area contributed by atoms with Gasteiger partial charge in [-0.3, -0.25) is 14.5 Å². The van der Waals surface area contributed by atoms with E-state index in [-0.39, 0.29) is 28.0 Å². The third-order valence-electron chi connectivity index (χ3n) is 6.77. The topological polar surface area (TPSA) is 252 Å². The molecule has 43 heavy (non-hydrogen) atoms. The number of amides is 2. The van der Waals surface area contributed by atoms with Gasteiger partial charge < -0.3 is 42.5 Å². The molecule has 19 heteroatoms. The van der Waals surface area contributed by atoms with Crippen molar-refractivity contribution in [2.75, 3.05) is 24.3 Å². The highest BCUT2D eigenvalue weighted by molar-refractivity contribution is 8.14. The number of carboxylic acids is 2. The van der Waals surface area contributed by atoms with Gasteiger partial charge in [-0.1, -0.05) is 23.8 Å². The number of nitrogen functional groups attached to an aromatic ring is 1. The molecule has 4 rings (SSSR count). The minimum atomic E-state index is -1.77. The van der Waals surface area contributed by atoms with E-state index in [4.69, 9.17) is 22.0 Å². The average Bonchev–Trinajstić information content (AvgIpc) is 3.37. The fourth-order valence-corrected chi connectivity index (χ4v) is 7.28. The number of carbonyl (C=O) groups is 4. The number of anilines is 1. The fourth-order valence-electron chi connectivity index (χ4n) is 4.24. The quantitative estimate of drug-likeness (QED) is 0.110. The Morgan fingerprint density at radius 1 is 1.30 bits per heavy atom. The van der Waals surface area contributed by atoms with Crippen molar-refractivity contribution in [2.24, 2.45) is 21.6 Å². The molecule has 0 aliphatic carbocycles. The number of nitrogens with zero attached hydrogens (tertiary/aromatic N) is 5. The van der Waals surface area contributed by atoms with Gasteiger partial charge >= 0.3 is 11.9 Å². The zero-order chi connectivity index (χ0) is 31.8. The number of hydrogen-bond acceptors (Lipinski definition) is 15. The van der Waals surface area contributed by atoms with Crippen LogP contribution in [0.25, 0.3) is 0 Å². The summed E-state index contributed by atoms with van der Waals surface area (Å²) >= 11 is 3.56. The first kappa shape index (κ1) is 32.1. The number of carbonyl (C=O) groups excluding carboxylic acids is 2. The van der Waals surface area contributed by atoms with Crippen molar-refractivity contribution >= 4 is 74.6 Å². The van der Waals surface area contributed by atoms with Crippen LogP contribution in [0.4, 0.5) is 5.13 Å². The van der Waals surface area contributed by atoms with Crippen molar-refractivity contribution in [1.82, 2.24) is 20.1 Å². The van der Waals surface area contributed by atoms with E-state index in [2.05, 4.69) is 20.4 Å². The van der Waals surface area contributed by atoms with Gasteiger partial charge in [-0.15, -0.1) is 23.1 Å². The standard InChI is InChI=1S/C24H31N9O7S3/c1-5-10-15(25)30-23(32(4)16(10)26)43-7-9-6-41-19-13(18(35)33(19)14(9)20(36)37)29-17(34)12(11-8-42-22(27)28-11)31-40-24(2,3)21(38)39/h8,13,16,19H,5-7,25-26H2,1-4H3,(H2,27,28)(H,29,34)(H,36,37)(H,38,39)/b31-12-/t13?,16?,19-/m0/s1. The lowest BCUT2D eigenvalue weighted by molar-refractivity contribution is -0.161. The van der Waals surface area contributed by atoms with Gasteiger partial charge in [-0.05, 0) is 25.8 Å². The molecular weight excluding hydrogens is 623 g/mol. The first-order valence-corrected chi connectivity index (χ1v) is 15.7. The maximum atomic E-state index is 13.2. The smallest absolute Gasteiger partial charge is 0.352 e. The molecule has 2 unspecified atom stereocenters. The number of fused-ring (bicyclic) bond motifs is 1. The van der Waals surface area contributed by atoms with Crippen molar-refractivity contribution in [3.8, 4) is 0 Å². The number of aromatic nitrogens is 1. The fraction of sp³-hybridized carbons (Fsp3) is 0.458. The van der Waals surface area contributed by atoms with E-state index in [1.165, 1.54) is 42.8 Å². The van der Waals surface area contributed by atoms with E-state index < -0.39 is 52.6 Å². The number of thiazole rings is 1. The molecule has 4 heterocycles. The summed E-state index contributed by atoms with van der Waals surface area (Å²) in [7, 11) is 1.77. The molecular formula is C24H31N9O7S3. The summed E-state index contributed by atoms with van der Waals surface area (Å²) in [5, 5.41) is 27.0. The van der Waals surface area contributed by atoms with Gasteiger partial charge in [-0.2, -0.15) is 0 Å². The van der Waals surface area contributed by atoms with Gasteiger partial charge in [-0.25, -0.2) is 19.6 Å². The maximum Gasteiger partial charge on any atom is 0.352 e. The van der Waals surface area contributed by atoms with E-state index in [9.17, 15) is 29.4 Å². The third kappa shape index (κ3) is 6.29. The Kier molecular flexibility index (Phi) is 9.28. The molecule has 9 N–H and O–H groups in total. The monoisotopic (exact) mass is 653 g/mol. The summed E-state index contributed by atoms with van der Waals surface area (Å²) in [6.45, 7) is 4.42. The normalized spacial score (nSPS) is 22.6. The van der Waals surface area contributed by atoms with Crippen molar-refractivity contribution in [3.63, 3.8) is 0 Å². The molecule has 3 aliphatic rings. The molecule has 2 amide bonds. The summed E-state index contributed by atoms with van der Waals surface area (Å²) in [5.74, 6) is -3.31. The number of hydrogen-bond donors (Lipinski definition) is 6. The second kappa shape index (κ2) is 12.4. The number of carboxylic acid groups (broad SMARTS) is 2. The van der Waals surface area contributed by atoms with Gasteiger partial charge in [0.1, 0.15) is 34.8 Å². The Labute approximate surface area is 258 Å². The van der Waals surface area contributed by atoms with Crippen molar-refractivity contribution < 1.29 is 34.2 Å². The molecule has 0 radical (unpaired) electrons. The lowest BCUT2D eigenvalue weighted by Gasteiger charge is -2.49. The van der Waals surface area contributed by atoms with Crippen LogP contribution in [0.3, 0.4) is 0 Å². The third-order valence-corrected chi connectivity index (χ3v) is 9.92. The summed E-state index contributed by atoms with van der Waals surface area (Å²) in [5.41, 5.74) is 17.0. The van der Waals surface area contributed by atoms with Crippen LogP contribution in [0.15, 0.2) is 38.2 Å². The molecule has 0 saturated carbocycles. The number of amidine groups is 1. The second-order valence-electron chi connectivity index (χ2n) is 10.0. The largest absolute Gasteiger partial charge is 0.478 e. The van der Waals surface area contributed by atoms with E-state index >= 15 is 0 Å². The van der Waals surface area contributed by atoms with Gasteiger partial charge in [0, 0.05) is 29.5 Å². The number of nitrogens with two attached hydrogens (primary N) is 3. The lowest BCUT2D eigenvalue weighted by Crippen LogP contribution is -2.71. The average molecular weight is 654 g/mol. The first-order chi connectivity index (χ1) is 20.2. The molecule has 1 aromatic heterocycles. The van der Waals surface area contributed by atoms with E-state index in [0.29, 0.717) is 23.0 Å². The van der Waals surface area contributed by atoms with Crippen molar-refractivity contribution in [2.45, 2.75) is 50.4 Å².